The second-order valence-electron chi connectivity index (χ2n) is 8.05. The van der Waals surface area contributed by atoms with Gasteiger partial charge >= 0.3 is 5.97 Å². The number of nitriles is 1. The summed E-state index contributed by atoms with van der Waals surface area (Å²) in [5, 5.41) is 12.8. The molecule has 0 bridgehead atoms. The molecule has 0 fully saturated rings. The fourth-order valence-electron chi connectivity index (χ4n) is 3.73. The number of nitrogens with two attached hydrogens (primary N) is 1. The molecule has 0 atom stereocenters. The number of ether oxygens (including phenoxy) is 3. The van der Waals surface area contributed by atoms with Crippen LogP contribution in [-0.4, -0.2) is 32.7 Å². The van der Waals surface area contributed by atoms with Crippen molar-refractivity contribution in [3.63, 3.8) is 0 Å². The van der Waals surface area contributed by atoms with Crippen LogP contribution in [0.1, 0.15) is 15.9 Å². The molecular weight excluding hydrogens is 545 g/mol. The zero-order valence-electron chi connectivity index (χ0n) is 20.7. The summed E-state index contributed by atoms with van der Waals surface area (Å²) < 4.78 is 21.5. The van der Waals surface area contributed by atoms with Gasteiger partial charge in [0.2, 0.25) is 5.88 Å². The first-order valence-corrected chi connectivity index (χ1v) is 12.1. The van der Waals surface area contributed by atoms with Gasteiger partial charge < -0.3 is 24.4 Å². The number of benzene rings is 3. The van der Waals surface area contributed by atoms with Gasteiger partial charge in [-0.15, -0.1) is 0 Å². The molecule has 4 aromatic rings. The summed E-state index contributed by atoms with van der Waals surface area (Å²) in [5.41, 5.74) is 7.54. The summed E-state index contributed by atoms with van der Waals surface area (Å²) in [4.78, 5) is 25.2. The summed E-state index contributed by atoms with van der Waals surface area (Å²) in [6.07, 6.45) is 0. The van der Waals surface area contributed by atoms with Crippen molar-refractivity contribution in [2.75, 3.05) is 31.9 Å². The highest BCUT2D eigenvalue weighted by molar-refractivity contribution is 6.37. The number of furan rings is 1. The molecule has 198 valence electrons. The first-order valence-electron chi connectivity index (χ1n) is 11.3. The van der Waals surface area contributed by atoms with Crippen LogP contribution in [0.2, 0.25) is 10.0 Å². The first-order chi connectivity index (χ1) is 18.7. The second kappa shape index (κ2) is 11.8. The highest BCUT2D eigenvalue weighted by Gasteiger charge is 2.25. The van der Waals surface area contributed by atoms with Crippen molar-refractivity contribution in [3.05, 3.63) is 81.8 Å². The lowest BCUT2D eigenvalue weighted by atomic mass is 9.98. The minimum Gasteiger partial charge on any atom is -0.497 e. The van der Waals surface area contributed by atoms with E-state index in [0.29, 0.717) is 33.9 Å². The van der Waals surface area contributed by atoms with Crippen LogP contribution < -0.4 is 20.5 Å². The normalized spacial score (nSPS) is 10.4. The fourth-order valence-corrected chi connectivity index (χ4v) is 4.22. The number of nitrogen functional groups attached to an aromatic ring is 1. The number of carbonyl (C=O) groups is 2. The number of nitrogens with one attached hydrogen (secondary N) is 1. The predicted molar refractivity (Wildman–Crippen MR) is 147 cm³/mol. The van der Waals surface area contributed by atoms with Crippen molar-refractivity contribution >= 4 is 46.6 Å². The molecule has 0 aliphatic carbocycles. The predicted octanol–water partition coefficient (Wildman–Crippen LogP) is 6.19. The molecule has 39 heavy (non-hydrogen) atoms. The Morgan fingerprint density at radius 2 is 1.56 bits per heavy atom. The number of esters is 1. The Morgan fingerprint density at radius 3 is 2.13 bits per heavy atom. The Morgan fingerprint density at radius 1 is 0.974 bits per heavy atom. The molecule has 0 saturated carbocycles. The Balaban J connectivity index is 1.64. The van der Waals surface area contributed by atoms with E-state index in [2.05, 4.69) is 11.4 Å². The van der Waals surface area contributed by atoms with E-state index in [-0.39, 0.29) is 32.7 Å². The van der Waals surface area contributed by atoms with Gasteiger partial charge in [0.25, 0.3) is 5.91 Å². The Bertz CT molecular complexity index is 1580. The molecule has 0 radical (unpaired) electrons. The summed E-state index contributed by atoms with van der Waals surface area (Å²) >= 11 is 11.9. The quantitative estimate of drug-likeness (QED) is 0.190. The van der Waals surface area contributed by atoms with E-state index in [1.165, 1.54) is 12.1 Å². The first kappa shape index (κ1) is 27.4. The van der Waals surface area contributed by atoms with Gasteiger partial charge in [0.1, 0.15) is 28.9 Å². The van der Waals surface area contributed by atoms with Crippen molar-refractivity contribution < 1.29 is 28.2 Å². The molecule has 0 aliphatic rings. The molecule has 11 heteroatoms. The maximum Gasteiger partial charge on any atom is 0.340 e. The molecule has 1 amide bonds. The van der Waals surface area contributed by atoms with E-state index in [0.717, 1.165) is 0 Å². The molecule has 4 rings (SSSR count). The molecular formula is C28H21Cl2N3O6. The monoisotopic (exact) mass is 565 g/mol. The number of hydrogen-bond donors (Lipinski definition) is 2. The van der Waals surface area contributed by atoms with Gasteiger partial charge in [-0.3, -0.25) is 10.1 Å². The number of carbonyl (C=O) groups excluding carboxylic acids is 2. The SMILES string of the molecule is COc1ccc(-c2oc(NC(=O)COC(=O)c3cc(Cl)cc(Cl)c3N)c(C#N)c2-c2ccc(OC)cc2)cc1. The number of methoxy groups -OCH3 is 2. The molecule has 0 aliphatic heterocycles. The van der Waals surface area contributed by atoms with E-state index >= 15 is 0 Å². The Labute approximate surface area is 233 Å². The molecule has 3 aromatic carbocycles. The Hall–Kier alpha value is -4.65. The van der Waals surface area contributed by atoms with E-state index in [1.807, 2.05) is 0 Å². The van der Waals surface area contributed by atoms with Crippen molar-refractivity contribution in [2.45, 2.75) is 0 Å². The lowest BCUT2D eigenvalue weighted by Crippen LogP contribution is -2.21. The summed E-state index contributed by atoms with van der Waals surface area (Å²) in [5.74, 6) is -0.154. The van der Waals surface area contributed by atoms with Gasteiger partial charge in [-0.2, -0.15) is 5.26 Å². The van der Waals surface area contributed by atoms with Crippen LogP contribution in [0.3, 0.4) is 0 Å². The standard InChI is InChI=1S/C28H21Cl2N3O6/c1-36-18-7-3-15(4-8-18)24-21(13-31)27(39-26(24)16-5-9-19(37-2)10-6-16)33-23(34)14-38-28(35)20-11-17(29)12-22(30)25(20)32/h3-12H,14,32H2,1-2H3,(H,33,34). The number of halogens is 2. The molecule has 1 aromatic heterocycles. The van der Waals surface area contributed by atoms with Crippen LogP contribution in [0.15, 0.2) is 65.1 Å². The number of rotatable bonds is 8. The van der Waals surface area contributed by atoms with E-state index in [1.54, 1.807) is 62.8 Å². The zero-order valence-corrected chi connectivity index (χ0v) is 22.2. The highest BCUT2D eigenvalue weighted by atomic mass is 35.5. The van der Waals surface area contributed by atoms with Gasteiger partial charge in [0.05, 0.1) is 30.5 Å². The average molecular weight is 566 g/mol. The van der Waals surface area contributed by atoms with Crippen LogP contribution in [0, 0.1) is 11.3 Å². The molecule has 9 nitrogen and oxygen atoms in total. The van der Waals surface area contributed by atoms with Gasteiger partial charge in [0.15, 0.2) is 6.61 Å². The van der Waals surface area contributed by atoms with Gasteiger partial charge in [0, 0.05) is 16.1 Å². The zero-order chi connectivity index (χ0) is 28.1. The lowest BCUT2D eigenvalue weighted by Gasteiger charge is -2.09. The molecule has 0 spiro atoms. The third-order valence-corrected chi connectivity index (χ3v) is 6.18. The summed E-state index contributed by atoms with van der Waals surface area (Å²) in [6.45, 7) is -0.691. The van der Waals surface area contributed by atoms with Crippen LogP contribution in [-0.2, 0) is 9.53 Å². The van der Waals surface area contributed by atoms with Crippen LogP contribution in [0.25, 0.3) is 22.5 Å². The fraction of sp³-hybridized carbons (Fsp3) is 0.107. The number of amides is 1. The van der Waals surface area contributed by atoms with E-state index in [9.17, 15) is 14.9 Å². The topological polar surface area (TPSA) is 137 Å². The van der Waals surface area contributed by atoms with Gasteiger partial charge in [-0.05, 0) is 54.1 Å². The van der Waals surface area contributed by atoms with Crippen molar-refractivity contribution in [1.29, 1.82) is 5.26 Å². The van der Waals surface area contributed by atoms with Gasteiger partial charge in [-0.25, -0.2) is 4.79 Å². The maximum atomic E-state index is 12.7. The smallest absolute Gasteiger partial charge is 0.340 e. The molecule has 3 N–H and O–H groups in total. The lowest BCUT2D eigenvalue weighted by molar-refractivity contribution is -0.119. The third kappa shape index (κ3) is 5.93. The van der Waals surface area contributed by atoms with E-state index in [4.69, 9.17) is 47.6 Å². The van der Waals surface area contributed by atoms with Crippen LogP contribution in [0.4, 0.5) is 11.6 Å². The van der Waals surface area contributed by atoms with E-state index < -0.39 is 18.5 Å². The summed E-state index contributed by atoms with van der Waals surface area (Å²) in [6, 6.07) is 18.8. The molecule has 1 heterocycles. The number of hydrogen-bond acceptors (Lipinski definition) is 8. The highest BCUT2D eigenvalue weighted by Crippen LogP contribution is 2.42. The van der Waals surface area contributed by atoms with Crippen LogP contribution in [0.5, 0.6) is 11.5 Å². The number of anilines is 2. The minimum atomic E-state index is -0.898. The average Bonchev–Trinajstić information content (AvgIpc) is 3.31. The van der Waals surface area contributed by atoms with Gasteiger partial charge in [-0.1, -0.05) is 35.3 Å². The third-order valence-electron chi connectivity index (χ3n) is 5.65. The van der Waals surface area contributed by atoms with Crippen molar-refractivity contribution in [3.8, 4) is 40.0 Å². The van der Waals surface area contributed by atoms with Crippen LogP contribution >= 0.6 is 23.2 Å². The van der Waals surface area contributed by atoms with Crippen molar-refractivity contribution in [2.24, 2.45) is 0 Å². The maximum absolute atomic E-state index is 12.7. The second-order valence-corrected chi connectivity index (χ2v) is 8.90. The largest absolute Gasteiger partial charge is 0.497 e. The molecule has 0 saturated heterocycles. The minimum absolute atomic E-state index is 0.0301. The van der Waals surface area contributed by atoms with Crippen molar-refractivity contribution in [1.82, 2.24) is 0 Å². The number of nitrogens with zero attached hydrogens (tertiary/aromatic N) is 1. The molecule has 0 unspecified atom stereocenters. The Kier molecular flexibility index (Phi) is 8.30. The summed E-state index contributed by atoms with van der Waals surface area (Å²) in [7, 11) is 3.10.